The van der Waals surface area contributed by atoms with E-state index >= 15 is 0 Å². The standard InChI is InChI=1S/C10H12ClN3O/c1-15-7-3-6-10-13-12-9-5-2-4-8(11)14(9)10/h2,4-5H,3,6-7H2,1H3. The maximum Gasteiger partial charge on any atom is 0.161 e. The Balaban J connectivity index is 2.27. The van der Waals surface area contributed by atoms with Crippen LogP contribution in [0.25, 0.3) is 5.65 Å². The van der Waals surface area contributed by atoms with Crippen LogP contribution in [-0.2, 0) is 11.2 Å². The minimum atomic E-state index is 0.643. The van der Waals surface area contributed by atoms with Crippen LogP contribution in [0.3, 0.4) is 0 Å². The van der Waals surface area contributed by atoms with E-state index in [2.05, 4.69) is 10.2 Å². The van der Waals surface area contributed by atoms with Crippen molar-refractivity contribution in [2.45, 2.75) is 12.8 Å². The Kier molecular flexibility index (Phi) is 3.18. The zero-order valence-corrected chi connectivity index (χ0v) is 9.24. The maximum absolute atomic E-state index is 6.07. The van der Waals surface area contributed by atoms with Crippen molar-refractivity contribution in [3.63, 3.8) is 0 Å². The Morgan fingerprint density at radius 3 is 3.07 bits per heavy atom. The lowest BCUT2D eigenvalue weighted by Gasteiger charge is -2.01. The molecular weight excluding hydrogens is 214 g/mol. The number of aryl methyl sites for hydroxylation is 1. The summed E-state index contributed by atoms with van der Waals surface area (Å²) in [4.78, 5) is 0. The number of hydrogen-bond donors (Lipinski definition) is 0. The number of hydrogen-bond acceptors (Lipinski definition) is 3. The summed E-state index contributed by atoms with van der Waals surface area (Å²) in [6.07, 6.45) is 1.74. The Morgan fingerprint density at radius 1 is 1.40 bits per heavy atom. The zero-order valence-electron chi connectivity index (χ0n) is 8.48. The highest BCUT2D eigenvalue weighted by molar-refractivity contribution is 6.29. The van der Waals surface area contributed by atoms with Gasteiger partial charge in [0.2, 0.25) is 0 Å². The lowest BCUT2D eigenvalue weighted by atomic mass is 10.3. The second-order valence-electron chi connectivity index (χ2n) is 3.25. The minimum absolute atomic E-state index is 0.643. The number of aromatic nitrogens is 3. The van der Waals surface area contributed by atoms with Crippen molar-refractivity contribution in [3.8, 4) is 0 Å². The number of fused-ring (bicyclic) bond motifs is 1. The fourth-order valence-electron chi connectivity index (χ4n) is 1.50. The van der Waals surface area contributed by atoms with Crippen LogP contribution in [0.4, 0.5) is 0 Å². The van der Waals surface area contributed by atoms with Gasteiger partial charge in [0.25, 0.3) is 0 Å². The van der Waals surface area contributed by atoms with Crippen LogP contribution in [0.1, 0.15) is 12.2 Å². The maximum atomic E-state index is 6.07. The van der Waals surface area contributed by atoms with Gasteiger partial charge >= 0.3 is 0 Å². The van der Waals surface area contributed by atoms with Gasteiger partial charge in [-0.1, -0.05) is 17.7 Å². The summed E-state index contributed by atoms with van der Waals surface area (Å²) < 4.78 is 6.85. The Labute approximate surface area is 92.8 Å². The van der Waals surface area contributed by atoms with Crippen molar-refractivity contribution >= 4 is 17.2 Å². The van der Waals surface area contributed by atoms with E-state index in [4.69, 9.17) is 16.3 Å². The molecule has 2 heterocycles. The summed E-state index contributed by atoms with van der Waals surface area (Å²) in [7, 11) is 1.69. The first-order valence-corrected chi connectivity index (χ1v) is 5.18. The molecule has 0 aromatic carbocycles. The molecule has 2 aromatic heterocycles. The summed E-state index contributed by atoms with van der Waals surface area (Å²) >= 11 is 6.07. The summed E-state index contributed by atoms with van der Waals surface area (Å²) in [6.45, 7) is 0.722. The molecule has 15 heavy (non-hydrogen) atoms. The molecule has 0 aliphatic rings. The Hall–Kier alpha value is -1.13. The summed E-state index contributed by atoms with van der Waals surface area (Å²) in [6, 6.07) is 5.59. The van der Waals surface area contributed by atoms with Crippen LogP contribution in [-0.4, -0.2) is 28.3 Å². The van der Waals surface area contributed by atoms with Crippen molar-refractivity contribution in [2.24, 2.45) is 0 Å². The van der Waals surface area contributed by atoms with E-state index in [0.29, 0.717) is 5.15 Å². The highest BCUT2D eigenvalue weighted by Gasteiger charge is 2.07. The molecule has 0 aliphatic heterocycles. The van der Waals surface area contributed by atoms with Gasteiger partial charge in [-0.05, 0) is 18.6 Å². The molecule has 4 nitrogen and oxygen atoms in total. The molecule has 0 atom stereocenters. The first-order chi connectivity index (χ1) is 7.33. The number of halogens is 1. The summed E-state index contributed by atoms with van der Waals surface area (Å²) in [5, 5.41) is 8.79. The van der Waals surface area contributed by atoms with E-state index in [-0.39, 0.29) is 0 Å². The van der Waals surface area contributed by atoms with Gasteiger partial charge in [-0.25, -0.2) is 0 Å². The zero-order chi connectivity index (χ0) is 10.7. The average molecular weight is 226 g/mol. The van der Waals surface area contributed by atoms with Gasteiger partial charge in [0.1, 0.15) is 11.0 Å². The quantitative estimate of drug-likeness (QED) is 0.590. The van der Waals surface area contributed by atoms with Gasteiger partial charge in [-0.15, -0.1) is 10.2 Å². The molecule has 2 rings (SSSR count). The Morgan fingerprint density at radius 2 is 2.27 bits per heavy atom. The van der Waals surface area contributed by atoms with E-state index in [9.17, 15) is 0 Å². The van der Waals surface area contributed by atoms with Crippen LogP contribution < -0.4 is 0 Å². The molecule has 0 unspecified atom stereocenters. The van der Waals surface area contributed by atoms with Crippen LogP contribution in [0.15, 0.2) is 18.2 Å². The van der Waals surface area contributed by atoms with Crippen LogP contribution in [0, 0.1) is 0 Å². The number of ether oxygens (including phenoxy) is 1. The average Bonchev–Trinajstić information content (AvgIpc) is 2.63. The number of rotatable bonds is 4. The van der Waals surface area contributed by atoms with Crippen molar-refractivity contribution in [1.29, 1.82) is 0 Å². The third-order valence-electron chi connectivity index (χ3n) is 2.20. The van der Waals surface area contributed by atoms with Crippen LogP contribution >= 0.6 is 11.6 Å². The first-order valence-electron chi connectivity index (χ1n) is 4.80. The van der Waals surface area contributed by atoms with Crippen LogP contribution in [0.2, 0.25) is 5.15 Å². The largest absolute Gasteiger partial charge is 0.385 e. The molecule has 0 amide bonds. The van der Waals surface area contributed by atoms with E-state index < -0.39 is 0 Å². The normalized spacial score (nSPS) is 11.1. The number of methoxy groups -OCH3 is 1. The van der Waals surface area contributed by atoms with Gasteiger partial charge in [-0.2, -0.15) is 0 Å². The summed E-state index contributed by atoms with van der Waals surface area (Å²) in [5.74, 6) is 0.882. The van der Waals surface area contributed by atoms with Gasteiger partial charge in [0, 0.05) is 20.1 Å². The van der Waals surface area contributed by atoms with Crippen LogP contribution in [0.5, 0.6) is 0 Å². The van der Waals surface area contributed by atoms with E-state index in [0.717, 1.165) is 30.9 Å². The second-order valence-corrected chi connectivity index (χ2v) is 3.64. The molecule has 0 spiro atoms. The second kappa shape index (κ2) is 4.59. The molecule has 0 saturated carbocycles. The third kappa shape index (κ3) is 2.11. The molecule has 0 aliphatic carbocycles. The molecule has 2 aromatic rings. The van der Waals surface area contributed by atoms with Crippen molar-refractivity contribution in [3.05, 3.63) is 29.2 Å². The van der Waals surface area contributed by atoms with E-state index in [1.54, 1.807) is 7.11 Å². The van der Waals surface area contributed by atoms with E-state index in [1.165, 1.54) is 0 Å². The monoisotopic (exact) mass is 225 g/mol. The van der Waals surface area contributed by atoms with Gasteiger partial charge in [0.15, 0.2) is 5.65 Å². The van der Waals surface area contributed by atoms with Crippen molar-refractivity contribution in [2.75, 3.05) is 13.7 Å². The lowest BCUT2D eigenvalue weighted by molar-refractivity contribution is 0.194. The highest BCUT2D eigenvalue weighted by Crippen LogP contribution is 2.14. The molecule has 0 saturated heterocycles. The summed E-state index contributed by atoms with van der Waals surface area (Å²) in [5.41, 5.74) is 0.787. The number of pyridine rings is 1. The van der Waals surface area contributed by atoms with Crippen molar-refractivity contribution < 1.29 is 4.74 Å². The lowest BCUT2D eigenvalue weighted by Crippen LogP contribution is -1.99. The fourth-order valence-corrected chi connectivity index (χ4v) is 1.75. The van der Waals surface area contributed by atoms with Gasteiger partial charge < -0.3 is 4.74 Å². The molecule has 5 heteroatoms. The SMILES string of the molecule is COCCCc1nnc2cccc(Cl)n12. The van der Waals surface area contributed by atoms with Crippen molar-refractivity contribution in [1.82, 2.24) is 14.6 Å². The van der Waals surface area contributed by atoms with E-state index in [1.807, 2.05) is 22.6 Å². The highest BCUT2D eigenvalue weighted by atomic mass is 35.5. The van der Waals surface area contributed by atoms with Gasteiger partial charge in [0.05, 0.1) is 0 Å². The molecular formula is C10H12ClN3O. The fraction of sp³-hybridized carbons (Fsp3) is 0.400. The minimum Gasteiger partial charge on any atom is -0.385 e. The smallest absolute Gasteiger partial charge is 0.161 e. The predicted molar refractivity (Wildman–Crippen MR) is 58.2 cm³/mol. The molecule has 0 bridgehead atoms. The first kappa shape index (κ1) is 10.4. The topological polar surface area (TPSA) is 39.4 Å². The predicted octanol–water partition coefficient (Wildman–Crippen LogP) is 1.96. The Bertz CT molecular complexity index is 455. The molecule has 0 radical (unpaired) electrons. The third-order valence-corrected chi connectivity index (χ3v) is 2.49. The molecule has 0 fully saturated rings. The number of nitrogens with zero attached hydrogens (tertiary/aromatic N) is 3. The molecule has 80 valence electrons. The molecule has 0 N–H and O–H groups in total. The van der Waals surface area contributed by atoms with Gasteiger partial charge in [-0.3, -0.25) is 4.40 Å².